The number of hydrogen-bond acceptors (Lipinski definition) is 3. The number of carbonyl (C=O) groups excluding carboxylic acids is 1. The molecule has 0 radical (unpaired) electrons. The molecule has 0 saturated heterocycles. The van der Waals surface area contributed by atoms with Crippen molar-refractivity contribution in [1.82, 2.24) is 4.98 Å². The molecule has 1 aromatic carbocycles. The van der Waals surface area contributed by atoms with E-state index in [4.69, 9.17) is 0 Å². The third-order valence-electron chi connectivity index (χ3n) is 2.50. The maximum atomic E-state index is 11.9. The molecule has 0 spiro atoms. The third-order valence-corrected chi connectivity index (χ3v) is 3.19. The van der Waals surface area contributed by atoms with E-state index in [0.717, 1.165) is 11.1 Å². The molecule has 0 aliphatic rings. The minimum Gasteiger partial charge on any atom is -0.298 e. The molecule has 1 heterocycles. The maximum Gasteiger partial charge on any atom is 0.257 e. The Kier molecular flexibility index (Phi) is 3.01. The Hall–Kier alpha value is -1.68. The molecule has 0 atom stereocenters. The van der Waals surface area contributed by atoms with E-state index in [9.17, 15) is 4.79 Å². The fourth-order valence-corrected chi connectivity index (χ4v) is 1.97. The highest BCUT2D eigenvalue weighted by Gasteiger charge is 2.10. The number of carbonyl (C=O) groups is 1. The molecule has 2 aromatic rings. The van der Waals surface area contributed by atoms with Crippen LogP contribution in [0.5, 0.6) is 0 Å². The van der Waals surface area contributed by atoms with Crippen molar-refractivity contribution in [1.29, 1.82) is 0 Å². The predicted octanol–water partition coefficient (Wildman–Crippen LogP) is 3.01. The number of nitrogens with zero attached hydrogens (tertiary/aromatic N) is 1. The van der Waals surface area contributed by atoms with Crippen molar-refractivity contribution in [2.75, 3.05) is 5.32 Å². The van der Waals surface area contributed by atoms with Gasteiger partial charge in [0.05, 0.1) is 0 Å². The zero-order valence-corrected chi connectivity index (χ0v) is 9.97. The van der Waals surface area contributed by atoms with Crippen molar-refractivity contribution in [3.05, 3.63) is 46.5 Å². The lowest BCUT2D eigenvalue weighted by atomic mass is 10.0. The van der Waals surface area contributed by atoms with Crippen molar-refractivity contribution >= 4 is 22.4 Å². The summed E-state index contributed by atoms with van der Waals surface area (Å²) < 4.78 is 0. The van der Waals surface area contributed by atoms with Crippen LogP contribution in [0.1, 0.15) is 21.5 Å². The van der Waals surface area contributed by atoms with Gasteiger partial charge >= 0.3 is 0 Å². The smallest absolute Gasteiger partial charge is 0.257 e. The fourth-order valence-electron chi connectivity index (χ4n) is 1.45. The molecule has 0 bridgehead atoms. The lowest BCUT2D eigenvalue weighted by molar-refractivity contribution is 0.102. The van der Waals surface area contributed by atoms with Crippen LogP contribution in [0.2, 0.25) is 0 Å². The van der Waals surface area contributed by atoms with Crippen LogP contribution < -0.4 is 5.32 Å². The topological polar surface area (TPSA) is 42.0 Å². The van der Waals surface area contributed by atoms with Gasteiger partial charge in [0.25, 0.3) is 5.91 Å². The van der Waals surface area contributed by atoms with Gasteiger partial charge in [-0.2, -0.15) is 0 Å². The molecule has 4 heteroatoms. The Morgan fingerprint density at radius 3 is 2.88 bits per heavy atom. The molecule has 0 unspecified atom stereocenters. The summed E-state index contributed by atoms with van der Waals surface area (Å²) in [6.45, 7) is 3.95. The minimum atomic E-state index is -0.101. The number of aromatic nitrogens is 1. The Bertz CT molecular complexity index is 506. The molecule has 16 heavy (non-hydrogen) atoms. The number of nitrogens with one attached hydrogen (secondary N) is 1. The lowest BCUT2D eigenvalue weighted by Crippen LogP contribution is -2.13. The monoisotopic (exact) mass is 232 g/mol. The lowest BCUT2D eigenvalue weighted by Gasteiger charge is -2.07. The third kappa shape index (κ3) is 2.12. The van der Waals surface area contributed by atoms with Crippen LogP contribution in [0.25, 0.3) is 0 Å². The average Bonchev–Trinajstić information content (AvgIpc) is 2.74. The van der Waals surface area contributed by atoms with E-state index in [-0.39, 0.29) is 5.91 Å². The summed E-state index contributed by atoms with van der Waals surface area (Å²) in [7, 11) is 0. The second-order valence-corrected chi connectivity index (χ2v) is 4.43. The molecule has 0 aliphatic carbocycles. The van der Waals surface area contributed by atoms with Crippen LogP contribution in [-0.2, 0) is 0 Å². The summed E-state index contributed by atoms with van der Waals surface area (Å²) in [6.07, 6.45) is 1.67. The Balaban J connectivity index is 2.24. The molecular weight excluding hydrogens is 220 g/mol. The molecule has 1 N–H and O–H groups in total. The van der Waals surface area contributed by atoms with Gasteiger partial charge in [-0.25, -0.2) is 4.98 Å². The van der Waals surface area contributed by atoms with E-state index in [0.29, 0.717) is 10.7 Å². The summed E-state index contributed by atoms with van der Waals surface area (Å²) in [5, 5.41) is 5.24. The van der Waals surface area contributed by atoms with Gasteiger partial charge in [-0.15, -0.1) is 11.3 Å². The van der Waals surface area contributed by atoms with Crippen LogP contribution in [0, 0.1) is 13.8 Å². The number of hydrogen-bond donors (Lipinski definition) is 1. The highest BCUT2D eigenvalue weighted by Crippen LogP contribution is 2.16. The zero-order chi connectivity index (χ0) is 11.5. The predicted molar refractivity (Wildman–Crippen MR) is 66.0 cm³/mol. The van der Waals surface area contributed by atoms with E-state index >= 15 is 0 Å². The van der Waals surface area contributed by atoms with Crippen molar-refractivity contribution in [2.24, 2.45) is 0 Å². The van der Waals surface area contributed by atoms with Crippen LogP contribution in [-0.4, -0.2) is 10.9 Å². The molecule has 1 aromatic heterocycles. The number of benzene rings is 1. The normalized spacial score (nSPS) is 10.1. The fraction of sp³-hybridized carbons (Fsp3) is 0.167. The van der Waals surface area contributed by atoms with E-state index in [1.807, 2.05) is 37.4 Å². The minimum absolute atomic E-state index is 0.101. The zero-order valence-electron chi connectivity index (χ0n) is 9.15. The standard InChI is InChI=1S/C12H12N2OS/c1-8-4-3-5-10(9(8)2)11(15)14-12-13-6-7-16-12/h3-7H,1-2H3,(H,13,14,15). The second-order valence-electron chi connectivity index (χ2n) is 3.54. The first-order valence-corrected chi connectivity index (χ1v) is 5.83. The summed E-state index contributed by atoms with van der Waals surface area (Å²) in [5.74, 6) is -0.101. The van der Waals surface area contributed by atoms with E-state index in [2.05, 4.69) is 10.3 Å². The van der Waals surface area contributed by atoms with Crippen molar-refractivity contribution in [2.45, 2.75) is 13.8 Å². The van der Waals surface area contributed by atoms with Crippen molar-refractivity contribution < 1.29 is 4.79 Å². The van der Waals surface area contributed by atoms with Gasteiger partial charge in [-0.05, 0) is 31.0 Å². The van der Waals surface area contributed by atoms with E-state index < -0.39 is 0 Å². The molecule has 82 valence electrons. The van der Waals surface area contributed by atoms with E-state index in [1.165, 1.54) is 11.3 Å². The van der Waals surface area contributed by atoms with Crippen LogP contribution in [0.15, 0.2) is 29.8 Å². The Morgan fingerprint density at radius 1 is 1.38 bits per heavy atom. The Morgan fingerprint density at radius 2 is 2.19 bits per heavy atom. The SMILES string of the molecule is Cc1cccc(C(=O)Nc2nccs2)c1C. The van der Waals surface area contributed by atoms with Gasteiger partial charge in [0.2, 0.25) is 0 Å². The van der Waals surface area contributed by atoms with Gasteiger partial charge in [-0.3, -0.25) is 10.1 Å². The van der Waals surface area contributed by atoms with Gasteiger partial charge in [0.1, 0.15) is 0 Å². The second kappa shape index (κ2) is 4.45. The van der Waals surface area contributed by atoms with Crippen molar-refractivity contribution in [3.8, 4) is 0 Å². The first-order chi connectivity index (χ1) is 7.68. The number of thiazole rings is 1. The first kappa shape index (κ1) is 10.8. The first-order valence-electron chi connectivity index (χ1n) is 4.95. The Labute approximate surface area is 98.2 Å². The number of amides is 1. The number of aryl methyl sites for hydroxylation is 1. The van der Waals surface area contributed by atoms with Gasteiger partial charge in [-0.1, -0.05) is 12.1 Å². The molecule has 1 amide bonds. The molecule has 0 saturated carbocycles. The van der Waals surface area contributed by atoms with Gasteiger partial charge in [0.15, 0.2) is 5.13 Å². The largest absolute Gasteiger partial charge is 0.298 e. The number of rotatable bonds is 2. The van der Waals surface area contributed by atoms with Crippen LogP contribution in [0.4, 0.5) is 5.13 Å². The quantitative estimate of drug-likeness (QED) is 0.864. The summed E-state index contributed by atoms with van der Waals surface area (Å²) in [5.41, 5.74) is 2.83. The van der Waals surface area contributed by atoms with Crippen LogP contribution in [0.3, 0.4) is 0 Å². The summed E-state index contributed by atoms with van der Waals surface area (Å²) in [4.78, 5) is 16.0. The summed E-state index contributed by atoms with van der Waals surface area (Å²) in [6, 6.07) is 5.71. The number of anilines is 1. The molecule has 0 aliphatic heterocycles. The highest BCUT2D eigenvalue weighted by molar-refractivity contribution is 7.13. The molecule has 2 rings (SSSR count). The maximum absolute atomic E-state index is 11.9. The molecular formula is C12H12N2OS. The van der Waals surface area contributed by atoms with Crippen LogP contribution >= 0.6 is 11.3 Å². The van der Waals surface area contributed by atoms with Gasteiger partial charge < -0.3 is 0 Å². The molecule has 3 nitrogen and oxygen atoms in total. The van der Waals surface area contributed by atoms with E-state index in [1.54, 1.807) is 6.20 Å². The summed E-state index contributed by atoms with van der Waals surface area (Å²) >= 11 is 1.41. The van der Waals surface area contributed by atoms with Gasteiger partial charge in [0, 0.05) is 17.1 Å². The van der Waals surface area contributed by atoms with Crippen molar-refractivity contribution in [3.63, 3.8) is 0 Å². The average molecular weight is 232 g/mol. The highest BCUT2D eigenvalue weighted by atomic mass is 32.1. The molecule has 0 fully saturated rings.